The number of amides is 1. The topological polar surface area (TPSA) is 133 Å². The van der Waals surface area contributed by atoms with Gasteiger partial charge in [0.15, 0.2) is 5.78 Å². The van der Waals surface area contributed by atoms with E-state index >= 15 is 0 Å². The number of rotatable bonds is 5. The molecule has 0 aliphatic rings. The Hall–Kier alpha value is -3.36. The number of carbonyl (C=O) groups is 2. The molecule has 130 valence electrons. The van der Waals surface area contributed by atoms with Gasteiger partial charge in [-0.3, -0.25) is 9.59 Å². The number of hydrogen-bond acceptors (Lipinski definition) is 7. The van der Waals surface area contributed by atoms with Gasteiger partial charge in [0.2, 0.25) is 5.91 Å². The van der Waals surface area contributed by atoms with Gasteiger partial charge in [-0.05, 0) is 32.0 Å². The van der Waals surface area contributed by atoms with Crippen molar-refractivity contribution < 1.29 is 9.59 Å². The summed E-state index contributed by atoms with van der Waals surface area (Å²) < 4.78 is 0. The average molecular weight is 365 g/mol. The van der Waals surface area contributed by atoms with E-state index in [0.29, 0.717) is 11.3 Å². The number of thioether (sulfide) groups is 1. The Morgan fingerprint density at radius 3 is 2.50 bits per heavy atom. The lowest BCUT2D eigenvalue weighted by molar-refractivity contribution is -0.115. The van der Waals surface area contributed by atoms with Crippen LogP contribution in [-0.2, 0) is 4.79 Å². The summed E-state index contributed by atoms with van der Waals surface area (Å²) in [6, 6.07) is 11.9. The Morgan fingerprint density at radius 2 is 1.88 bits per heavy atom. The van der Waals surface area contributed by atoms with Crippen molar-refractivity contribution in [2.75, 3.05) is 11.1 Å². The molecule has 0 radical (unpaired) electrons. The first kappa shape index (κ1) is 19.0. The van der Waals surface area contributed by atoms with Gasteiger partial charge >= 0.3 is 0 Å². The number of nitriles is 2. The Morgan fingerprint density at radius 1 is 1.23 bits per heavy atom. The monoisotopic (exact) mass is 365 g/mol. The minimum absolute atomic E-state index is 0.00327. The summed E-state index contributed by atoms with van der Waals surface area (Å²) in [5.74, 6) is -0.504. The van der Waals surface area contributed by atoms with Gasteiger partial charge in [0.25, 0.3) is 0 Å². The number of nitrogens with one attached hydrogen (secondary N) is 1. The van der Waals surface area contributed by atoms with E-state index in [1.807, 2.05) is 12.1 Å². The van der Waals surface area contributed by atoms with E-state index in [0.717, 1.165) is 11.8 Å². The van der Waals surface area contributed by atoms with Gasteiger partial charge in [-0.25, -0.2) is 4.98 Å². The standard InChI is InChI=1S/C18H15N5O2S/c1-10(24)14-5-3-4-6-15(14)22-17(25)11(2)26-18-13(9-20)7-12(8-19)16(21)23-18/h3-7,11H,1-2H3,(H2,21,23)(H,22,25)/t11-/m0/s1. The summed E-state index contributed by atoms with van der Waals surface area (Å²) in [6.07, 6.45) is 0. The lowest BCUT2D eigenvalue weighted by Crippen LogP contribution is -2.23. The molecule has 0 saturated carbocycles. The largest absolute Gasteiger partial charge is 0.383 e. The molecule has 0 fully saturated rings. The van der Waals surface area contributed by atoms with Crippen LogP contribution in [0.1, 0.15) is 35.3 Å². The molecule has 7 nitrogen and oxygen atoms in total. The van der Waals surface area contributed by atoms with Crippen molar-refractivity contribution in [1.29, 1.82) is 10.5 Å². The Labute approximate surface area is 154 Å². The molecule has 1 atom stereocenters. The van der Waals surface area contributed by atoms with Crippen LogP contribution in [0.25, 0.3) is 0 Å². The van der Waals surface area contributed by atoms with Crippen LogP contribution >= 0.6 is 11.8 Å². The smallest absolute Gasteiger partial charge is 0.237 e. The number of nitrogen functional groups attached to an aromatic ring is 1. The van der Waals surface area contributed by atoms with E-state index in [9.17, 15) is 14.9 Å². The molecule has 8 heteroatoms. The van der Waals surface area contributed by atoms with Crippen LogP contribution in [0, 0.1) is 22.7 Å². The maximum Gasteiger partial charge on any atom is 0.237 e. The van der Waals surface area contributed by atoms with E-state index in [2.05, 4.69) is 10.3 Å². The maximum atomic E-state index is 12.5. The molecule has 1 amide bonds. The molecule has 3 N–H and O–H groups in total. The van der Waals surface area contributed by atoms with Crippen LogP contribution in [0.15, 0.2) is 35.4 Å². The van der Waals surface area contributed by atoms with Crippen molar-refractivity contribution in [2.24, 2.45) is 0 Å². The number of anilines is 2. The van der Waals surface area contributed by atoms with Crippen molar-refractivity contribution in [3.63, 3.8) is 0 Å². The number of ketones is 1. The number of Topliss-reactive ketones (excluding diaryl/α,β-unsaturated/α-hetero) is 1. The van der Waals surface area contributed by atoms with Gasteiger partial charge in [-0.2, -0.15) is 10.5 Å². The second-order valence-corrected chi connectivity index (χ2v) is 6.68. The lowest BCUT2D eigenvalue weighted by Gasteiger charge is -2.14. The number of nitrogens with two attached hydrogens (primary N) is 1. The van der Waals surface area contributed by atoms with Crippen molar-refractivity contribution in [2.45, 2.75) is 24.1 Å². The molecule has 0 bridgehead atoms. The van der Waals surface area contributed by atoms with Crippen LogP contribution in [0.4, 0.5) is 11.5 Å². The number of hydrogen-bond donors (Lipinski definition) is 2. The normalized spacial score (nSPS) is 11.1. The van der Waals surface area contributed by atoms with Crippen LogP contribution in [0.5, 0.6) is 0 Å². The van der Waals surface area contributed by atoms with E-state index in [1.54, 1.807) is 31.2 Å². The number of nitrogens with zero attached hydrogens (tertiary/aromatic N) is 3. The first-order chi connectivity index (χ1) is 12.4. The molecule has 1 aromatic heterocycles. The molecule has 0 spiro atoms. The van der Waals surface area contributed by atoms with Crippen molar-refractivity contribution in [1.82, 2.24) is 4.98 Å². The van der Waals surface area contributed by atoms with E-state index in [4.69, 9.17) is 11.0 Å². The van der Waals surface area contributed by atoms with Crippen LogP contribution in [0.3, 0.4) is 0 Å². The zero-order chi connectivity index (χ0) is 19.3. The Balaban J connectivity index is 2.21. The highest BCUT2D eigenvalue weighted by atomic mass is 32.2. The average Bonchev–Trinajstić information content (AvgIpc) is 2.62. The molecule has 0 unspecified atom stereocenters. The highest BCUT2D eigenvalue weighted by Gasteiger charge is 2.20. The zero-order valence-corrected chi connectivity index (χ0v) is 14.9. The summed E-state index contributed by atoms with van der Waals surface area (Å²) in [5.41, 5.74) is 6.81. The first-order valence-corrected chi connectivity index (χ1v) is 8.43. The predicted molar refractivity (Wildman–Crippen MR) is 98.5 cm³/mol. The van der Waals surface area contributed by atoms with E-state index in [1.165, 1.54) is 13.0 Å². The number of aromatic nitrogens is 1. The van der Waals surface area contributed by atoms with Crippen molar-refractivity contribution in [3.05, 3.63) is 47.0 Å². The molecular formula is C18H15N5O2S. The van der Waals surface area contributed by atoms with Crippen LogP contribution in [-0.4, -0.2) is 21.9 Å². The minimum Gasteiger partial charge on any atom is -0.383 e. The third kappa shape index (κ3) is 4.18. The number of benzene rings is 1. The highest BCUT2D eigenvalue weighted by Crippen LogP contribution is 2.28. The fraction of sp³-hybridized carbons (Fsp3) is 0.167. The van der Waals surface area contributed by atoms with Gasteiger partial charge in [-0.15, -0.1) is 0 Å². The predicted octanol–water partition coefficient (Wildman–Crippen LogP) is 2.73. The number of carbonyl (C=O) groups excluding carboxylic acids is 2. The third-order valence-electron chi connectivity index (χ3n) is 3.48. The van der Waals surface area contributed by atoms with Crippen molar-refractivity contribution >= 4 is 35.0 Å². The van der Waals surface area contributed by atoms with Crippen LogP contribution < -0.4 is 11.1 Å². The molecule has 1 aromatic carbocycles. The summed E-state index contributed by atoms with van der Waals surface area (Å²) in [7, 11) is 0. The van der Waals surface area contributed by atoms with Gasteiger partial charge in [0.05, 0.1) is 22.1 Å². The Kier molecular flexibility index (Phi) is 5.94. The van der Waals surface area contributed by atoms with E-state index < -0.39 is 5.25 Å². The van der Waals surface area contributed by atoms with Gasteiger partial charge in [0, 0.05) is 5.56 Å². The molecular weight excluding hydrogens is 350 g/mol. The van der Waals surface area contributed by atoms with E-state index in [-0.39, 0.29) is 33.7 Å². The summed E-state index contributed by atoms with van der Waals surface area (Å²) in [6.45, 7) is 3.07. The molecule has 2 rings (SSSR count). The molecule has 0 aliphatic heterocycles. The lowest BCUT2D eigenvalue weighted by atomic mass is 10.1. The molecule has 0 saturated heterocycles. The third-order valence-corrected chi connectivity index (χ3v) is 4.58. The molecule has 2 aromatic rings. The summed E-state index contributed by atoms with van der Waals surface area (Å²) >= 11 is 1.05. The molecule has 26 heavy (non-hydrogen) atoms. The number of para-hydroxylation sites is 1. The molecule has 0 aliphatic carbocycles. The van der Waals surface area contributed by atoms with Gasteiger partial charge in [0.1, 0.15) is 23.0 Å². The fourth-order valence-electron chi connectivity index (χ4n) is 2.12. The van der Waals surface area contributed by atoms with Gasteiger partial charge < -0.3 is 11.1 Å². The molecule has 1 heterocycles. The van der Waals surface area contributed by atoms with Gasteiger partial charge in [-0.1, -0.05) is 23.9 Å². The maximum absolute atomic E-state index is 12.5. The number of pyridine rings is 1. The SMILES string of the molecule is CC(=O)c1ccccc1NC(=O)[C@H](C)Sc1nc(N)c(C#N)cc1C#N. The Bertz CT molecular complexity index is 959. The first-order valence-electron chi connectivity index (χ1n) is 7.55. The van der Waals surface area contributed by atoms with Crippen LogP contribution in [0.2, 0.25) is 0 Å². The second kappa shape index (κ2) is 8.15. The fourth-order valence-corrected chi connectivity index (χ4v) is 3.01. The highest BCUT2D eigenvalue weighted by molar-refractivity contribution is 8.00. The van der Waals surface area contributed by atoms with Crippen molar-refractivity contribution in [3.8, 4) is 12.1 Å². The quantitative estimate of drug-likeness (QED) is 0.615. The summed E-state index contributed by atoms with van der Waals surface area (Å²) in [5, 5.41) is 20.6. The summed E-state index contributed by atoms with van der Waals surface area (Å²) in [4.78, 5) is 28.2. The second-order valence-electron chi connectivity index (χ2n) is 5.35. The minimum atomic E-state index is -0.609. The zero-order valence-electron chi connectivity index (χ0n) is 14.1.